The summed E-state index contributed by atoms with van der Waals surface area (Å²) in [6.07, 6.45) is 0. The molecule has 2 aromatic carbocycles. The van der Waals surface area contributed by atoms with Crippen LogP contribution < -0.4 is 5.73 Å². The third-order valence-electron chi connectivity index (χ3n) is 3.19. The van der Waals surface area contributed by atoms with Gasteiger partial charge in [0.25, 0.3) is 0 Å². The highest BCUT2D eigenvalue weighted by Gasteiger charge is 2.15. The van der Waals surface area contributed by atoms with Gasteiger partial charge in [-0.25, -0.2) is 4.98 Å². The molecule has 3 aromatic rings. The number of hydrogen-bond donors (Lipinski definition) is 1. The SMILES string of the molecule is CC(=O)c1cc(N)cc2nc(-c3ccc(C)cc3)oc12. The van der Waals surface area contributed by atoms with E-state index in [1.165, 1.54) is 12.5 Å². The molecule has 0 saturated heterocycles. The fourth-order valence-electron chi connectivity index (χ4n) is 2.14. The first-order valence-corrected chi connectivity index (χ1v) is 6.32. The zero-order valence-electron chi connectivity index (χ0n) is 11.3. The minimum atomic E-state index is -0.0890. The van der Waals surface area contributed by atoms with E-state index in [0.29, 0.717) is 28.2 Å². The molecule has 0 spiro atoms. The molecule has 0 aliphatic heterocycles. The van der Waals surface area contributed by atoms with Gasteiger partial charge in [0.2, 0.25) is 5.89 Å². The van der Waals surface area contributed by atoms with Gasteiger partial charge < -0.3 is 10.2 Å². The van der Waals surface area contributed by atoms with Crippen LogP contribution in [0.5, 0.6) is 0 Å². The van der Waals surface area contributed by atoms with Gasteiger partial charge in [0.05, 0.1) is 5.56 Å². The first-order chi connectivity index (χ1) is 9.54. The van der Waals surface area contributed by atoms with E-state index in [4.69, 9.17) is 10.2 Å². The van der Waals surface area contributed by atoms with Crippen LogP contribution in [0.4, 0.5) is 5.69 Å². The van der Waals surface area contributed by atoms with Gasteiger partial charge in [-0.3, -0.25) is 4.79 Å². The van der Waals surface area contributed by atoms with Crippen LogP contribution in [0.3, 0.4) is 0 Å². The number of ketones is 1. The van der Waals surface area contributed by atoms with E-state index < -0.39 is 0 Å². The zero-order valence-corrected chi connectivity index (χ0v) is 11.3. The predicted molar refractivity (Wildman–Crippen MR) is 78.6 cm³/mol. The van der Waals surface area contributed by atoms with E-state index in [0.717, 1.165) is 5.56 Å². The standard InChI is InChI=1S/C16H14N2O2/c1-9-3-5-11(6-4-9)16-18-14-8-12(17)7-13(10(2)19)15(14)20-16/h3-8H,17H2,1-2H3. The number of anilines is 1. The Hall–Kier alpha value is -2.62. The maximum absolute atomic E-state index is 11.7. The van der Waals surface area contributed by atoms with Gasteiger partial charge in [0, 0.05) is 11.3 Å². The van der Waals surface area contributed by atoms with Gasteiger partial charge in [-0.1, -0.05) is 17.7 Å². The molecule has 0 atom stereocenters. The van der Waals surface area contributed by atoms with Crippen LogP contribution >= 0.6 is 0 Å². The lowest BCUT2D eigenvalue weighted by molar-refractivity contribution is 0.101. The Kier molecular flexibility index (Phi) is 2.79. The number of rotatable bonds is 2. The lowest BCUT2D eigenvalue weighted by Crippen LogP contribution is -1.95. The van der Waals surface area contributed by atoms with Crippen molar-refractivity contribution >= 4 is 22.6 Å². The fraction of sp³-hybridized carbons (Fsp3) is 0.125. The largest absolute Gasteiger partial charge is 0.435 e. The van der Waals surface area contributed by atoms with Crippen molar-refractivity contribution in [3.05, 3.63) is 47.5 Å². The lowest BCUT2D eigenvalue weighted by Gasteiger charge is -1.98. The first kappa shape index (κ1) is 12.4. The maximum atomic E-state index is 11.7. The molecule has 0 aliphatic carbocycles. The maximum Gasteiger partial charge on any atom is 0.227 e. The van der Waals surface area contributed by atoms with E-state index in [1.54, 1.807) is 12.1 Å². The molecule has 0 aliphatic rings. The molecule has 0 saturated carbocycles. The van der Waals surface area contributed by atoms with Crippen molar-refractivity contribution in [1.29, 1.82) is 0 Å². The summed E-state index contributed by atoms with van der Waals surface area (Å²) in [6, 6.07) is 11.2. The summed E-state index contributed by atoms with van der Waals surface area (Å²) < 4.78 is 5.75. The van der Waals surface area contributed by atoms with Gasteiger partial charge >= 0.3 is 0 Å². The second-order valence-electron chi connectivity index (χ2n) is 4.86. The smallest absolute Gasteiger partial charge is 0.227 e. The van der Waals surface area contributed by atoms with Crippen LogP contribution in [0.25, 0.3) is 22.6 Å². The Morgan fingerprint density at radius 2 is 1.90 bits per heavy atom. The van der Waals surface area contributed by atoms with Crippen LogP contribution in [0.2, 0.25) is 0 Å². The van der Waals surface area contributed by atoms with Crippen molar-refractivity contribution in [2.24, 2.45) is 0 Å². The summed E-state index contributed by atoms with van der Waals surface area (Å²) in [6.45, 7) is 3.51. The highest BCUT2D eigenvalue weighted by atomic mass is 16.3. The molecule has 20 heavy (non-hydrogen) atoms. The normalized spacial score (nSPS) is 10.9. The molecule has 0 amide bonds. The number of carbonyl (C=O) groups is 1. The number of oxazole rings is 1. The van der Waals surface area contributed by atoms with E-state index in [1.807, 2.05) is 31.2 Å². The fourth-order valence-corrected chi connectivity index (χ4v) is 2.14. The summed E-state index contributed by atoms with van der Waals surface area (Å²) >= 11 is 0. The van der Waals surface area contributed by atoms with Crippen LogP contribution in [0, 0.1) is 6.92 Å². The number of nitrogen functional groups attached to an aromatic ring is 1. The molecule has 1 heterocycles. The molecule has 4 nitrogen and oxygen atoms in total. The van der Waals surface area contributed by atoms with Crippen molar-refractivity contribution in [1.82, 2.24) is 4.98 Å². The van der Waals surface area contributed by atoms with Crippen LogP contribution in [0.1, 0.15) is 22.8 Å². The number of nitrogens with two attached hydrogens (primary N) is 1. The summed E-state index contributed by atoms with van der Waals surface area (Å²) in [5.74, 6) is 0.405. The number of carbonyl (C=O) groups excluding carboxylic acids is 1. The zero-order chi connectivity index (χ0) is 14.3. The summed E-state index contributed by atoms with van der Waals surface area (Å²) in [5.41, 5.74) is 9.90. The Balaban J connectivity index is 2.22. The second-order valence-corrected chi connectivity index (χ2v) is 4.86. The van der Waals surface area contributed by atoms with Crippen molar-refractivity contribution in [2.45, 2.75) is 13.8 Å². The van der Waals surface area contributed by atoms with E-state index in [9.17, 15) is 4.79 Å². The molecule has 100 valence electrons. The number of fused-ring (bicyclic) bond motifs is 1. The molecular weight excluding hydrogens is 252 g/mol. The molecular formula is C16H14N2O2. The van der Waals surface area contributed by atoms with Crippen molar-refractivity contribution in [3.8, 4) is 11.5 Å². The average molecular weight is 266 g/mol. The molecule has 0 bridgehead atoms. The number of benzene rings is 2. The first-order valence-electron chi connectivity index (χ1n) is 6.32. The lowest BCUT2D eigenvalue weighted by atomic mass is 10.1. The molecule has 1 aromatic heterocycles. The third kappa shape index (κ3) is 2.05. The molecule has 4 heteroatoms. The number of aromatic nitrogens is 1. The number of Topliss-reactive ketones (excluding diaryl/α,β-unsaturated/α-hetero) is 1. The summed E-state index contributed by atoms with van der Waals surface area (Å²) in [4.78, 5) is 16.1. The van der Waals surface area contributed by atoms with E-state index in [-0.39, 0.29) is 5.78 Å². The number of nitrogens with zero attached hydrogens (tertiary/aromatic N) is 1. The predicted octanol–water partition coefficient (Wildman–Crippen LogP) is 3.59. The number of aryl methyl sites for hydroxylation is 1. The van der Waals surface area contributed by atoms with Gasteiger partial charge in [-0.05, 0) is 38.1 Å². The Labute approximate surface area is 116 Å². The van der Waals surface area contributed by atoms with Crippen molar-refractivity contribution in [3.63, 3.8) is 0 Å². The van der Waals surface area contributed by atoms with Gasteiger partial charge in [0.1, 0.15) is 5.52 Å². The second kappa shape index (κ2) is 4.49. The summed E-state index contributed by atoms with van der Waals surface area (Å²) in [7, 11) is 0. The highest BCUT2D eigenvalue weighted by Crippen LogP contribution is 2.28. The molecule has 3 rings (SSSR count). The molecule has 2 N–H and O–H groups in total. The van der Waals surface area contributed by atoms with E-state index >= 15 is 0 Å². The quantitative estimate of drug-likeness (QED) is 0.568. The Bertz CT molecular complexity index is 801. The van der Waals surface area contributed by atoms with Gasteiger partial charge in [-0.15, -0.1) is 0 Å². The third-order valence-corrected chi connectivity index (χ3v) is 3.19. The van der Waals surface area contributed by atoms with E-state index in [2.05, 4.69) is 4.98 Å². The van der Waals surface area contributed by atoms with Gasteiger partial charge in [-0.2, -0.15) is 0 Å². The minimum absolute atomic E-state index is 0.0890. The summed E-state index contributed by atoms with van der Waals surface area (Å²) in [5, 5.41) is 0. The monoisotopic (exact) mass is 266 g/mol. The van der Waals surface area contributed by atoms with Crippen molar-refractivity contribution < 1.29 is 9.21 Å². The van der Waals surface area contributed by atoms with Crippen LogP contribution in [-0.2, 0) is 0 Å². The van der Waals surface area contributed by atoms with Crippen molar-refractivity contribution in [2.75, 3.05) is 5.73 Å². The minimum Gasteiger partial charge on any atom is -0.435 e. The van der Waals surface area contributed by atoms with Crippen LogP contribution in [0.15, 0.2) is 40.8 Å². The van der Waals surface area contributed by atoms with Gasteiger partial charge in [0.15, 0.2) is 11.4 Å². The average Bonchev–Trinajstić information content (AvgIpc) is 2.81. The number of hydrogen-bond acceptors (Lipinski definition) is 4. The molecule has 0 fully saturated rings. The Morgan fingerprint density at radius 1 is 1.20 bits per heavy atom. The van der Waals surface area contributed by atoms with Crippen LogP contribution in [-0.4, -0.2) is 10.8 Å². The topological polar surface area (TPSA) is 69.1 Å². The highest BCUT2D eigenvalue weighted by molar-refractivity contribution is 6.05. The molecule has 0 unspecified atom stereocenters. The molecule has 0 radical (unpaired) electrons. The Morgan fingerprint density at radius 3 is 2.55 bits per heavy atom.